The molecule has 1 atom stereocenters. The molecule has 21 heavy (non-hydrogen) atoms. The van der Waals surface area contributed by atoms with Gasteiger partial charge in [0.2, 0.25) is 0 Å². The van der Waals surface area contributed by atoms with Crippen molar-refractivity contribution in [2.75, 3.05) is 39.8 Å². The largest absolute Gasteiger partial charge is 0.490 e. The zero-order chi connectivity index (χ0) is 14.9. The molecule has 112 valence electrons. The molecule has 1 saturated heterocycles. The third-order valence-corrected chi connectivity index (χ3v) is 4.57. The Balaban J connectivity index is 2.06. The van der Waals surface area contributed by atoms with Crippen LogP contribution >= 0.6 is 0 Å². The van der Waals surface area contributed by atoms with E-state index in [0.29, 0.717) is 18.6 Å². The Hall–Kier alpha value is -1.64. The van der Waals surface area contributed by atoms with Crippen LogP contribution in [0.4, 0.5) is 4.39 Å². The van der Waals surface area contributed by atoms with Crippen LogP contribution in [0.3, 0.4) is 0 Å². The number of halogens is 1. The highest BCUT2D eigenvalue weighted by Gasteiger charge is 2.43. The lowest BCUT2D eigenvalue weighted by molar-refractivity contribution is 0.0665. The molecule has 0 spiro atoms. The minimum Gasteiger partial charge on any atom is -0.490 e. The van der Waals surface area contributed by atoms with E-state index in [4.69, 9.17) is 4.74 Å². The van der Waals surface area contributed by atoms with Crippen molar-refractivity contribution >= 4 is 0 Å². The number of hydrogen-bond acceptors (Lipinski definition) is 4. The highest BCUT2D eigenvalue weighted by molar-refractivity contribution is 5.45. The van der Waals surface area contributed by atoms with Crippen LogP contribution in [0.1, 0.15) is 18.4 Å². The summed E-state index contributed by atoms with van der Waals surface area (Å²) in [6.45, 7) is 3.95. The molecular formula is C16H20FN3O. The first-order valence-corrected chi connectivity index (χ1v) is 7.44. The third kappa shape index (κ3) is 2.39. The lowest BCUT2D eigenvalue weighted by atomic mass is 9.84. The van der Waals surface area contributed by atoms with Gasteiger partial charge in [-0.1, -0.05) is 12.1 Å². The minimum absolute atomic E-state index is 0.260. The van der Waals surface area contributed by atoms with Gasteiger partial charge in [0.25, 0.3) is 0 Å². The number of nitriles is 1. The monoisotopic (exact) mass is 289 g/mol. The van der Waals surface area contributed by atoms with Gasteiger partial charge in [0, 0.05) is 31.7 Å². The Kier molecular flexibility index (Phi) is 3.83. The standard InChI is InChI=1S/C16H20FN3O/c1-19-7-9-20(10-8-19)16(12-18)6-3-11-21-15-13(16)4-2-5-14(15)17/h2,4-5H,3,6-11H2,1H3. The number of benzene rings is 1. The average molecular weight is 289 g/mol. The van der Waals surface area contributed by atoms with E-state index >= 15 is 0 Å². The number of piperazine rings is 1. The predicted octanol–water partition coefficient (Wildman–Crippen LogP) is 1.96. The Morgan fingerprint density at radius 1 is 1.29 bits per heavy atom. The van der Waals surface area contributed by atoms with E-state index in [0.717, 1.165) is 32.6 Å². The molecule has 1 unspecified atom stereocenters. The number of likely N-dealkylation sites (N-methyl/N-ethyl adjacent to an activating group) is 1. The summed E-state index contributed by atoms with van der Waals surface area (Å²) in [6.07, 6.45) is 1.44. The van der Waals surface area contributed by atoms with Crippen molar-refractivity contribution < 1.29 is 9.13 Å². The van der Waals surface area contributed by atoms with Gasteiger partial charge >= 0.3 is 0 Å². The molecule has 2 aliphatic rings. The molecular weight excluding hydrogens is 269 g/mol. The molecule has 0 aliphatic carbocycles. The van der Waals surface area contributed by atoms with Crippen molar-refractivity contribution in [3.8, 4) is 11.8 Å². The zero-order valence-electron chi connectivity index (χ0n) is 12.3. The molecule has 0 aromatic heterocycles. The molecule has 0 bridgehead atoms. The molecule has 0 amide bonds. The van der Waals surface area contributed by atoms with Crippen LogP contribution in [-0.4, -0.2) is 49.6 Å². The average Bonchev–Trinajstić information content (AvgIpc) is 2.69. The SMILES string of the molecule is CN1CCN(C2(C#N)CCCOc3c(F)cccc32)CC1. The van der Waals surface area contributed by atoms with Crippen molar-refractivity contribution in [3.05, 3.63) is 29.6 Å². The molecule has 3 rings (SSSR count). The quantitative estimate of drug-likeness (QED) is 0.792. The molecule has 2 aliphatic heterocycles. The lowest BCUT2D eigenvalue weighted by Crippen LogP contribution is -2.54. The van der Waals surface area contributed by atoms with Gasteiger partial charge in [-0.25, -0.2) is 4.39 Å². The molecule has 0 radical (unpaired) electrons. The van der Waals surface area contributed by atoms with Crippen molar-refractivity contribution in [2.24, 2.45) is 0 Å². The summed E-state index contributed by atoms with van der Waals surface area (Å²) in [6, 6.07) is 7.40. The maximum Gasteiger partial charge on any atom is 0.165 e. The van der Waals surface area contributed by atoms with Gasteiger partial charge in [-0.3, -0.25) is 4.90 Å². The number of nitrogens with zero attached hydrogens (tertiary/aromatic N) is 3. The number of hydrogen-bond donors (Lipinski definition) is 0. The van der Waals surface area contributed by atoms with Gasteiger partial charge in [-0.15, -0.1) is 0 Å². The molecule has 1 aromatic rings. The Morgan fingerprint density at radius 3 is 2.76 bits per heavy atom. The van der Waals surface area contributed by atoms with Gasteiger partial charge in [-0.05, 0) is 26.0 Å². The summed E-state index contributed by atoms with van der Waals surface area (Å²) in [5, 5.41) is 9.94. The first-order valence-electron chi connectivity index (χ1n) is 7.44. The van der Waals surface area contributed by atoms with E-state index in [1.165, 1.54) is 6.07 Å². The van der Waals surface area contributed by atoms with Crippen LogP contribution in [-0.2, 0) is 5.54 Å². The first-order chi connectivity index (χ1) is 10.2. The molecule has 2 heterocycles. The third-order valence-electron chi connectivity index (χ3n) is 4.57. The molecule has 4 nitrogen and oxygen atoms in total. The van der Waals surface area contributed by atoms with Crippen LogP contribution in [0.2, 0.25) is 0 Å². The van der Waals surface area contributed by atoms with Gasteiger partial charge in [0.1, 0.15) is 5.54 Å². The zero-order valence-corrected chi connectivity index (χ0v) is 12.3. The second kappa shape index (κ2) is 5.63. The van der Waals surface area contributed by atoms with E-state index in [9.17, 15) is 9.65 Å². The van der Waals surface area contributed by atoms with Crippen LogP contribution in [0.5, 0.6) is 5.75 Å². The Labute approximate surface area is 124 Å². The van der Waals surface area contributed by atoms with Crippen LogP contribution in [0, 0.1) is 17.1 Å². The maximum atomic E-state index is 14.1. The molecule has 5 heteroatoms. The number of rotatable bonds is 1. The molecule has 1 aromatic carbocycles. The predicted molar refractivity (Wildman–Crippen MR) is 77.5 cm³/mol. The van der Waals surface area contributed by atoms with Gasteiger partial charge in [-0.2, -0.15) is 5.26 Å². The van der Waals surface area contributed by atoms with Crippen molar-refractivity contribution in [1.82, 2.24) is 9.80 Å². The van der Waals surface area contributed by atoms with Crippen LogP contribution in [0.25, 0.3) is 0 Å². The highest BCUT2D eigenvalue weighted by Crippen LogP contribution is 2.42. The topological polar surface area (TPSA) is 39.5 Å². The second-order valence-corrected chi connectivity index (χ2v) is 5.83. The van der Waals surface area contributed by atoms with Gasteiger partial charge in [0.05, 0.1) is 12.7 Å². The normalized spacial score (nSPS) is 27.3. The second-order valence-electron chi connectivity index (χ2n) is 5.83. The summed E-state index contributed by atoms with van der Waals surface area (Å²) in [5.74, 6) is -0.112. The number of para-hydroxylation sites is 1. The van der Waals surface area contributed by atoms with Crippen molar-refractivity contribution in [3.63, 3.8) is 0 Å². The fraction of sp³-hybridized carbons (Fsp3) is 0.562. The van der Waals surface area contributed by atoms with Crippen LogP contribution < -0.4 is 4.74 Å². The molecule has 1 fully saturated rings. The van der Waals surface area contributed by atoms with Gasteiger partial charge < -0.3 is 9.64 Å². The lowest BCUT2D eigenvalue weighted by Gasteiger charge is -2.43. The Morgan fingerprint density at radius 2 is 2.05 bits per heavy atom. The molecule has 0 N–H and O–H groups in total. The highest BCUT2D eigenvalue weighted by atomic mass is 19.1. The maximum absolute atomic E-state index is 14.1. The van der Waals surface area contributed by atoms with Crippen molar-refractivity contribution in [2.45, 2.75) is 18.4 Å². The summed E-state index contributed by atoms with van der Waals surface area (Å²) < 4.78 is 19.7. The van der Waals surface area contributed by atoms with E-state index in [2.05, 4.69) is 22.9 Å². The first kappa shape index (κ1) is 14.3. The summed E-state index contributed by atoms with van der Waals surface area (Å²) in [4.78, 5) is 4.45. The van der Waals surface area contributed by atoms with Crippen LogP contribution in [0.15, 0.2) is 18.2 Å². The Bertz CT molecular complexity index is 563. The van der Waals surface area contributed by atoms with Gasteiger partial charge in [0.15, 0.2) is 11.6 Å². The summed E-state index contributed by atoms with van der Waals surface area (Å²) in [7, 11) is 2.08. The summed E-state index contributed by atoms with van der Waals surface area (Å²) in [5.41, 5.74) is -0.0816. The fourth-order valence-electron chi connectivity index (χ4n) is 3.32. The van der Waals surface area contributed by atoms with E-state index in [-0.39, 0.29) is 11.6 Å². The molecule has 0 saturated carbocycles. The van der Waals surface area contributed by atoms with E-state index in [1.807, 2.05) is 6.07 Å². The number of ether oxygens (including phenoxy) is 1. The van der Waals surface area contributed by atoms with E-state index in [1.54, 1.807) is 6.07 Å². The number of fused-ring (bicyclic) bond motifs is 1. The van der Waals surface area contributed by atoms with Crippen molar-refractivity contribution in [1.29, 1.82) is 5.26 Å². The summed E-state index contributed by atoms with van der Waals surface area (Å²) >= 11 is 0. The fourth-order valence-corrected chi connectivity index (χ4v) is 3.32. The van der Waals surface area contributed by atoms with E-state index < -0.39 is 5.54 Å². The smallest absolute Gasteiger partial charge is 0.165 e. The minimum atomic E-state index is -0.769.